The van der Waals surface area contributed by atoms with Crippen LogP contribution in [0.1, 0.15) is 55.4 Å². The first-order valence-electron chi connectivity index (χ1n) is 14.1. The number of unbranched alkanes of at least 4 members (excludes halogenated alkanes) is 2. The Balaban J connectivity index is 1.17. The summed E-state index contributed by atoms with van der Waals surface area (Å²) in [5.41, 5.74) is 2.51. The summed E-state index contributed by atoms with van der Waals surface area (Å²) < 4.78 is 0.753. The molecule has 0 radical (unpaired) electrons. The Hall–Kier alpha value is -1.22. The van der Waals surface area contributed by atoms with E-state index in [-0.39, 0.29) is 5.91 Å². The van der Waals surface area contributed by atoms with Gasteiger partial charge in [-0.2, -0.15) is 0 Å². The van der Waals surface area contributed by atoms with E-state index < -0.39 is 0 Å². The summed E-state index contributed by atoms with van der Waals surface area (Å²) in [6.45, 7) is 5.75. The van der Waals surface area contributed by atoms with Gasteiger partial charge in [-0.15, -0.1) is 11.3 Å². The Bertz CT molecular complexity index is 1200. The number of halogens is 1. The van der Waals surface area contributed by atoms with Crippen LogP contribution < -0.4 is 5.32 Å². The summed E-state index contributed by atoms with van der Waals surface area (Å²) >= 11 is 15.2. The van der Waals surface area contributed by atoms with Crippen molar-refractivity contribution in [2.24, 2.45) is 11.8 Å². The number of nitrogens with one attached hydrogen (secondary N) is 1. The second-order valence-corrected chi connectivity index (χ2v) is 14.4. The van der Waals surface area contributed by atoms with Crippen LogP contribution >= 0.6 is 46.9 Å². The Morgan fingerprint density at radius 1 is 1.08 bits per heavy atom. The van der Waals surface area contributed by atoms with Gasteiger partial charge in [0.1, 0.15) is 4.32 Å². The molecule has 4 fully saturated rings. The van der Waals surface area contributed by atoms with E-state index in [1.165, 1.54) is 84.4 Å². The molecular weight excluding hydrogens is 550 g/mol. The van der Waals surface area contributed by atoms with Crippen molar-refractivity contribution in [1.29, 1.82) is 0 Å². The van der Waals surface area contributed by atoms with Crippen molar-refractivity contribution in [3.05, 3.63) is 50.7 Å². The molecule has 3 heterocycles. The molecule has 3 atom stereocenters. The van der Waals surface area contributed by atoms with Crippen LogP contribution in [0.25, 0.3) is 16.5 Å². The minimum absolute atomic E-state index is 0.126. The maximum Gasteiger partial charge on any atom is 0.266 e. The minimum Gasteiger partial charge on any atom is -0.314 e. The van der Waals surface area contributed by atoms with Crippen LogP contribution in [0.15, 0.2) is 35.2 Å². The molecule has 0 spiro atoms. The highest BCUT2D eigenvalue weighted by Gasteiger charge is 2.48. The number of carbonyl (C=O) groups is 1. The molecule has 1 aromatic carbocycles. The zero-order valence-corrected chi connectivity index (χ0v) is 25.0. The Morgan fingerprint density at radius 2 is 1.89 bits per heavy atom. The van der Waals surface area contributed by atoms with E-state index in [2.05, 4.69) is 34.5 Å². The van der Waals surface area contributed by atoms with E-state index in [0.717, 1.165) is 52.5 Å². The summed E-state index contributed by atoms with van der Waals surface area (Å²) in [7, 11) is 0. The molecular formula is C30H36ClN3OS3. The maximum absolute atomic E-state index is 13.6. The molecule has 2 aliphatic heterocycles. The molecule has 2 aromatic rings. The predicted molar refractivity (Wildman–Crippen MR) is 166 cm³/mol. The minimum atomic E-state index is 0.126. The first kappa shape index (κ1) is 27.0. The monoisotopic (exact) mass is 585 g/mol. The number of benzene rings is 1. The summed E-state index contributed by atoms with van der Waals surface area (Å²) in [5, 5.41) is 4.18. The van der Waals surface area contributed by atoms with E-state index in [1.807, 2.05) is 17.0 Å². The molecule has 38 heavy (non-hydrogen) atoms. The van der Waals surface area contributed by atoms with Crippen LogP contribution in [0.2, 0.25) is 5.02 Å². The number of amides is 1. The van der Waals surface area contributed by atoms with E-state index in [9.17, 15) is 4.79 Å². The number of thioether (sulfide) groups is 1. The van der Waals surface area contributed by atoms with Gasteiger partial charge >= 0.3 is 0 Å². The van der Waals surface area contributed by atoms with Crippen molar-refractivity contribution in [1.82, 2.24) is 15.1 Å². The lowest BCUT2D eigenvalue weighted by atomic mass is 9.94. The molecule has 2 bridgehead atoms. The highest BCUT2D eigenvalue weighted by Crippen LogP contribution is 2.49. The summed E-state index contributed by atoms with van der Waals surface area (Å²) in [4.78, 5) is 21.4. The van der Waals surface area contributed by atoms with Crippen LogP contribution in [0.3, 0.4) is 0 Å². The van der Waals surface area contributed by atoms with Crippen molar-refractivity contribution in [3.63, 3.8) is 0 Å². The first-order valence-corrected chi connectivity index (χ1v) is 16.6. The number of thiocarbonyl (C=S) groups is 1. The largest absolute Gasteiger partial charge is 0.314 e. The van der Waals surface area contributed by atoms with Gasteiger partial charge in [-0.05, 0) is 92.3 Å². The third kappa shape index (κ3) is 5.93. The van der Waals surface area contributed by atoms with Gasteiger partial charge < -0.3 is 10.2 Å². The van der Waals surface area contributed by atoms with Crippen LogP contribution in [0.4, 0.5) is 0 Å². The van der Waals surface area contributed by atoms with Gasteiger partial charge in [0.2, 0.25) is 0 Å². The maximum atomic E-state index is 13.6. The highest BCUT2D eigenvalue weighted by atomic mass is 35.5. The average molecular weight is 586 g/mol. The molecule has 1 amide bonds. The lowest BCUT2D eigenvalue weighted by Crippen LogP contribution is -2.43. The van der Waals surface area contributed by atoms with Crippen LogP contribution in [0, 0.1) is 11.8 Å². The lowest BCUT2D eigenvalue weighted by Gasteiger charge is -2.30. The van der Waals surface area contributed by atoms with Gasteiger partial charge in [-0.1, -0.05) is 60.6 Å². The fourth-order valence-corrected chi connectivity index (χ4v) is 9.41. The molecule has 6 rings (SSSR count). The van der Waals surface area contributed by atoms with E-state index >= 15 is 0 Å². The summed E-state index contributed by atoms with van der Waals surface area (Å²) in [6.07, 6.45) is 11.8. The fraction of sp³-hybridized carbons (Fsp3) is 0.533. The molecule has 8 heteroatoms. The van der Waals surface area contributed by atoms with E-state index in [4.69, 9.17) is 23.8 Å². The van der Waals surface area contributed by atoms with Crippen LogP contribution in [-0.4, -0.2) is 58.8 Å². The highest BCUT2D eigenvalue weighted by molar-refractivity contribution is 8.26. The van der Waals surface area contributed by atoms with Crippen LogP contribution in [-0.2, 0) is 11.2 Å². The number of piperazine rings is 1. The Labute approximate surface area is 245 Å². The molecule has 202 valence electrons. The molecule has 2 aliphatic carbocycles. The molecule has 3 unspecified atom stereocenters. The Morgan fingerprint density at radius 3 is 2.63 bits per heavy atom. The number of aryl methyl sites for hydroxylation is 1. The smallest absolute Gasteiger partial charge is 0.266 e. The van der Waals surface area contributed by atoms with Gasteiger partial charge in [0, 0.05) is 47.0 Å². The van der Waals surface area contributed by atoms with Crippen LogP contribution in [0.5, 0.6) is 0 Å². The third-order valence-corrected chi connectivity index (χ3v) is 11.5. The molecule has 2 saturated heterocycles. The number of nitrogens with zero attached hydrogens (tertiary/aromatic N) is 2. The standard InChI is InChI=1S/C30H36ClN3OS3/c31-24-9-7-21(8-10-24)26-18-23(4-2-1-3-13-33-14-11-32-12-15-33)27(37-26)19-28-29(35)34(30(36)38-28)25-17-20-5-6-22(25)16-20/h7-10,18-20,22,25,32H,1-6,11-17H2/b28-19-. The second kappa shape index (κ2) is 12.1. The van der Waals surface area contributed by atoms with Crippen molar-refractivity contribution in [3.8, 4) is 10.4 Å². The zero-order chi connectivity index (χ0) is 26.1. The normalized spacial score (nSPS) is 26.8. The predicted octanol–water partition coefficient (Wildman–Crippen LogP) is 7.08. The van der Waals surface area contributed by atoms with Gasteiger partial charge in [0.25, 0.3) is 5.91 Å². The van der Waals surface area contributed by atoms with Crippen molar-refractivity contribution in [2.45, 2.75) is 57.4 Å². The van der Waals surface area contributed by atoms with E-state index in [0.29, 0.717) is 12.0 Å². The quantitative estimate of drug-likeness (QED) is 0.193. The van der Waals surface area contributed by atoms with Crippen molar-refractivity contribution < 1.29 is 4.79 Å². The molecule has 4 nitrogen and oxygen atoms in total. The number of rotatable bonds is 9. The van der Waals surface area contributed by atoms with Gasteiger partial charge in [0.15, 0.2) is 0 Å². The third-order valence-electron chi connectivity index (χ3n) is 8.72. The topological polar surface area (TPSA) is 35.6 Å². The van der Waals surface area contributed by atoms with Gasteiger partial charge in [-0.25, -0.2) is 0 Å². The summed E-state index contributed by atoms with van der Waals surface area (Å²) in [5.74, 6) is 1.55. The first-order chi connectivity index (χ1) is 18.5. The Kier molecular flexibility index (Phi) is 8.60. The number of thiophene rings is 1. The zero-order valence-electron chi connectivity index (χ0n) is 21.8. The molecule has 1 aromatic heterocycles. The molecule has 2 saturated carbocycles. The lowest BCUT2D eigenvalue weighted by molar-refractivity contribution is -0.124. The molecule has 4 aliphatic rings. The van der Waals surface area contributed by atoms with Gasteiger partial charge in [-0.3, -0.25) is 9.69 Å². The SMILES string of the molecule is O=C1/C(=C/c2sc(-c3ccc(Cl)cc3)cc2CCCCCN2CCNCC2)SC(=S)N1C1CC2CCC1C2. The summed E-state index contributed by atoms with van der Waals surface area (Å²) in [6, 6.07) is 10.7. The average Bonchev–Trinajstić information content (AvgIpc) is 3.70. The van der Waals surface area contributed by atoms with Crippen molar-refractivity contribution >= 4 is 63.2 Å². The number of fused-ring (bicyclic) bond motifs is 2. The number of hydrogen-bond donors (Lipinski definition) is 1. The number of carbonyl (C=O) groups excluding carboxylic acids is 1. The second-order valence-electron chi connectivity index (χ2n) is 11.2. The fourth-order valence-electron chi connectivity index (χ4n) is 6.69. The van der Waals surface area contributed by atoms with E-state index in [1.54, 1.807) is 11.3 Å². The van der Waals surface area contributed by atoms with Gasteiger partial charge in [0.05, 0.1) is 4.91 Å². The van der Waals surface area contributed by atoms with Crippen molar-refractivity contribution in [2.75, 3.05) is 32.7 Å². The molecule has 1 N–H and O–H groups in total. The number of hydrogen-bond acceptors (Lipinski definition) is 6.